The predicted octanol–water partition coefficient (Wildman–Crippen LogP) is 3.04. The Bertz CT molecular complexity index is 740. The number of benzene rings is 2. The Hall–Kier alpha value is -1.92. The second-order valence-electron chi connectivity index (χ2n) is 4.82. The van der Waals surface area contributed by atoms with Gasteiger partial charge in [0.2, 0.25) is 0 Å². The van der Waals surface area contributed by atoms with Crippen LogP contribution in [0.25, 0.3) is 0 Å². The minimum Gasteiger partial charge on any atom is -0.457 e. The largest absolute Gasteiger partial charge is 0.457 e. The van der Waals surface area contributed by atoms with E-state index < -0.39 is 9.84 Å². The van der Waals surface area contributed by atoms with Crippen molar-refractivity contribution in [1.29, 1.82) is 0 Å². The molecule has 0 aliphatic heterocycles. The van der Waals surface area contributed by atoms with Gasteiger partial charge in [0.1, 0.15) is 17.3 Å². The highest BCUT2D eigenvalue weighted by molar-refractivity contribution is 7.90. The molecule has 1 unspecified atom stereocenters. The predicted molar refractivity (Wildman–Crippen MR) is 78.6 cm³/mol. The van der Waals surface area contributed by atoms with Gasteiger partial charge in [0, 0.05) is 17.9 Å². The highest BCUT2D eigenvalue weighted by atomic mass is 32.2. The van der Waals surface area contributed by atoms with Crippen LogP contribution < -0.4 is 10.5 Å². The van der Waals surface area contributed by atoms with E-state index in [9.17, 15) is 12.8 Å². The summed E-state index contributed by atoms with van der Waals surface area (Å²) in [6.45, 7) is 1.73. The quantitative estimate of drug-likeness (QED) is 0.942. The van der Waals surface area contributed by atoms with Gasteiger partial charge in [0.05, 0.1) is 4.90 Å². The first kappa shape index (κ1) is 15.5. The summed E-state index contributed by atoms with van der Waals surface area (Å²) in [6.07, 6.45) is 1.14. The Balaban J connectivity index is 2.30. The number of hydrogen-bond donors (Lipinski definition) is 1. The van der Waals surface area contributed by atoms with Gasteiger partial charge in [-0.3, -0.25) is 0 Å². The molecular formula is C15H16FNO3S. The fourth-order valence-electron chi connectivity index (χ4n) is 1.85. The lowest BCUT2D eigenvalue weighted by atomic mass is 10.1. The van der Waals surface area contributed by atoms with E-state index in [0.717, 1.165) is 6.26 Å². The number of halogens is 1. The lowest BCUT2D eigenvalue weighted by molar-refractivity contribution is 0.468. The summed E-state index contributed by atoms with van der Waals surface area (Å²) in [5, 5.41) is 0. The molecule has 2 rings (SSSR count). The van der Waals surface area contributed by atoms with Crippen LogP contribution in [-0.4, -0.2) is 14.7 Å². The molecule has 2 aromatic carbocycles. The van der Waals surface area contributed by atoms with Crippen LogP contribution in [0.1, 0.15) is 18.5 Å². The molecule has 0 aliphatic rings. The standard InChI is InChI=1S/C15H16FNO3S/c1-10(17)14-9-11(16)3-8-15(14)20-12-4-6-13(7-5-12)21(2,18)19/h3-10H,17H2,1-2H3. The van der Waals surface area contributed by atoms with Gasteiger partial charge < -0.3 is 10.5 Å². The minimum absolute atomic E-state index is 0.210. The average Bonchev–Trinajstić information content (AvgIpc) is 2.40. The van der Waals surface area contributed by atoms with Crippen LogP contribution in [0.4, 0.5) is 4.39 Å². The number of hydrogen-bond acceptors (Lipinski definition) is 4. The topological polar surface area (TPSA) is 69.4 Å². The van der Waals surface area contributed by atoms with E-state index in [2.05, 4.69) is 0 Å². The fraction of sp³-hybridized carbons (Fsp3) is 0.200. The summed E-state index contributed by atoms with van der Waals surface area (Å²) in [5.74, 6) is 0.511. The third-order valence-corrected chi connectivity index (χ3v) is 4.07. The van der Waals surface area contributed by atoms with Crippen LogP contribution in [0.2, 0.25) is 0 Å². The summed E-state index contributed by atoms with van der Waals surface area (Å²) in [5.41, 5.74) is 6.34. The van der Waals surface area contributed by atoms with E-state index in [1.165, 1.54) is 30.3 Å². The summed E-state index contributed by atoms with van der Waals surface area (Å²) < 4.78 is 41.7. The maximum atomic E-state index is 13.3. The number of ether oxygens (including phenoxy) is 1. The Morgan fingerprint density at radius 2 is 1.76 bits per heavy atom. The molecule has 0 fully saturated rings. The van der Waals surface area contributed by atoms with Gasteiger partial charge in [-0.05, 0) is 49.4 Å². The van der Waals surface area contributed by atoms with Crippen LogP contribution in [0.15, 0.2) is 47.4 Å². The van der Waals surface area contributed by atoms with Crippen LogP contribution in [0.5, 0.6) is 11.5 Å². The lowest BCUT2D eigenvalue weighted by Gasteiger charge is -2.14. The monoisotopic (exact) mass is 309 g/mol. The van der Waals surface area contributed by atoms with E-state index in [0.29, 0.717) is 17.1 Å². The molecule has 0 heterocycles. The van der Waals surface area contributed by atoms with Crippen molar-refractivity contribution in [3.8, 4) is 11.5 Å². The number of rotatable bonds is 4. The van der Waals surface area contributed by atoms with Gasteiger partial charge in [-0.25, -0.2) is 12.8 Å². The van der Waals surface area contributed by atoms with Crippen LogP contribution in [0.3, 0.4) is 0 Å². The molecule has 2 aromatic rings. The van der Waals surface area contributed by atoms with Crippen LogP contribution >= 0.6 is 0 Å². The molecule has 6 heteroatoms. The SMILES string of the molecule is CC(N)c1cc(F)ccc1Oc1ccc(S(C)(=O)=O)cc1. The second kappa shape index (κ2) is 5.83. The molecular weight excluding hydrogens is 293 g/mol. The number of nitrogens with two attached hydrogens (primary N) is 1. The molecule has 0 saturated carbocycles. The summed E-state index contributed by atoms with van der Waals surface area (Å²) >= 11 is 0. The van der Waals surface area contributed by atoms with Crippen molar-refractivity contribution in [2.75, 3.05) is 6.26 Å². The minimum atomic E-state index is -3.24. The first-order valence-electron chi connectivity index (χ1n) is 6.30. The molecule has 0 radical (unpaired) electrons. The van der Waals surface area contributed by atoms with E-state index in [4.69, 9.17) is 10.5 Å². The van der Waals surface area contributed by atoms with Crippen molar-refractivity contribution >= 4 is 9.84 Å². The second-order valence-corrected chi connectivity index (χ2v) is 6.83. The Morgan fingerprint density at radius 3 is 2.29 bits per heavy atom. The maximum Gasteiger partial charge on any atom is 0.175 e. The first-order valence-corrected chi connectivity index (χ1v) is 8.19. The zero-order chi connectivity index (χ0) is 15.6. The Morgan fingerprint density at radius 1 is 1.14 bits per heavy atom. The first-order chi connectivity index (χ1) is 9.77. The maximum absolute atomic E-state index is 13.3. The van der Waals surface area contributed by atoms with Crippen molar-refractivity contribution in [3.05, 3.63) is 53.8 Å². The zero-order valence-electron chi connectivity index (χ0n) is 11.7. The third kappa shape index (κ3) is 3.80. The van der Waals surface area contributed by atoms with Crippen molar-refractivity contribution in [2.24, 2.45) is 5.73 Å². The van der Waals surface area contributed by atoms with E-state index in [1.807, 2.05) is 0 Å². The highest BCUT2D eigenvalue weighted by Crippen LogP contribution is 2.30. The van der Waals surface area contributed by atoms with Gasteiger partial charge in [0.15, 0.2) is 9.84 Å². The van der Waals surface area contributed by atoms with Gasteiger partial charge in [-0.2, -0.15) is 0 Å². The molecule has 2 N–H and O–H groups in total. The molecule has 1 atom stereocenters. The molecule has 112 valence electrons. The van der Waals surface area contributed by atoms with Crippen molar-refractivity contribution in [3.63, 3.8) is 0 Å². The van der Waals surface area contributed by atoms with Crippen LogP contribution in [0, 0.1) is 5.82 Å². The molecule has 4 nitrogen and oxygen atoms in total. The molecule has 0 spiro atoms. The zero-order valence-corrected chi connectivity index (χ0v) is 12.5. The molecule has 0 saturated heterocycles. The smallest absolute Gasteiger partial charge is 0.175 e. The highest BCUT2D eigenvalue weighted by Gasteiger charge is 2.11. The summed E-state index contributed by atoms with van der Waals surface area (Å²) in [6, 6.07) is 9.73. The Kier molecular flexibility index (Phi) is 4.29. The number of sulfone groups is 1. The van der Waals surface area contributed by atoms with E-state index >= 15 is 0 Å². The molecule has 0 aliphatic carbocycles. The molecule has 0 aromatic heterocycles. The summed E-state index contributed by atoms with van der Waals surface area (Å²) in [7, 11) is -3.24. The fourth-order valence-corrected chi connectivity index (χ4v) is 2.48. The molecule has 21 heavy (non-hydrogen) atoms. The third-order valence-electron chi connectivity index (χ3n) is 2.94. The lowest BCUT2D eigenvalue weighted by Crippen LogP contribution is -2.07. The van der Waals surface area contributed by atoms with Gasteiger partial charge in [-0.15, -0.1) is 0 Å². The normalized spacial score (nSPS) is 13.0. The van der Waals surface area contributed by atoms with E-state index in [1.54, 1.807) is 19.1 Å². The summed E-state index contributed by atoms with van der Waals surface area (Å²) in [4.78, 5) is 0.210. The van der Waals surface area contributed by atoms with Crippen molar-refractivity contribution in [1.82, 2.24) is 0 Å². The van der Waals surface area contributed by atoms with Gasteiger partial charge in [-0.1, -0.05) is 0 Å². The van der Waals surface area contributed by atoms with Gasteiger partial charge >= 0.3 is 0 Å². The Labute approximate surface area is 123 Å². The van der Waals surface area contributed by atoms with Crippen molar-refractivity contribution in [2.45, 2.75) is 17.9 Å². The average molecular weight is 309 g/mol. The molecule has 0 bridgehead atoms. The molecule has 0 amide bonds. The van der Waals surface area contributed by atoms with Crippen molar-refractivity contribution < 1.29 is 17.5 Å². The van der Waals surface area contributed by atoms with Crippen LogP contribution in [-0.2, 0) is 9.84 Å². The van der Waals surface area contributed by atoms with Gasteiger partial charge in [0.25, 0.3) is 0 Å². The van der Waals surface area contributed by atoms with E-state index in [-0.39, 0.29) is 16.8 Å².